The molecule has 3 aromatic rings. The van der Waals surface area contributed by atoms with Crippen molar-refractivity contribution in [2.75, 3.05) is 19.8 Å². The van der Waals surface area contributed by atoms with E-state index in [4.69, 9.17) is 13.9 Å². The van der Waals surface area contributed by atoms with Crippen LogP contribution in [0.2, 0.25) is 0 Å². The molecule has 1 aromatic heterocycles. The van der Waals surface area contributed by atoms with E-state index < -0.39 is 10.0 Å². The first kappa shape index (κ1) is 22.5. The van der Waals surface area contributed by atoms with Crippen LogP contribution in [0.4, 0.5) is 0 Å². The summed E-state index contributed by atoms with van der Waals surface area (Å²) in [6.45, 7) is 1.93. The number of likely N-dealkylation sites (tertiary alicyclic amines) is 1. The molecule has 1 atom stereocenters. The molecule has 178 valence electrons. The Morgan fingerprint density at radius 3 is 2.56 bits per heavy atom. The quantitative estimate of drug-likeness (QED) is 0.572. The maximum absolute atomic E-state index is 13.3. The van der Waals surface area contributed by atoms with Crippen LogP contribution in [0.25, 0.3) is 0 Å². The molecule has 3 heterocycles. The van der Waals surface area contributed by atoms with Gasteiger partial charge >= 0.3 is 0 Å². The summed E-state index contributed by atoms with van der Waals surface area (Å²) < 4.78 is 44.4. The third kappa shape index (κ3) is 4.67. The third-order valence-corrected chi connectivity index (χ3v) is 7.52. The molecule has 1 N–H and O–H groups in total. The van der Waals surface area contributed by atoms with Crippen molar-refractivity contribution in [3.8, 4) is 11.5 Å². The molecule has 0 unspecified atom stereocenters. The lowest BCUT2D eigenvalue weighted by Gasteiger charge is -2.26. The van der Waals surface area contributed by atoms with E-state index in [1.54, 1.807) is 24.3 Å². The van der Waals surface area contributed by atoms with Crippen molar-refractivity contribution >= 4 is 15.9 Å². The normalized spacial score (nSPS) is 18.0. The fraction of sp³-hybridized carbons (Fsp3) is 0.320. The van der Waals surface area contributed by atoms with E-state index in [0.29, 0.717) is 36.8 Å². The van der Waals surface area contributed by atoms with Gasteiger partial charge in [0.15, 0.2) is 11.5 Å². The van der Waals surface area contributed by atoms with Crippen molar-refractivity contribution in [3.63, 3.8) is 0 Å². The average molecular weight is 483 g/mol. The Balaban J connectivity index is 1.30. The summed E-state index contributed by atoms with van der Waals surface area (Å²) in [6, 6.07) is 15.2. The first-order valence-electron chi connectivity index (χ1n) is 11.3. The van der Waals surface area contributed by atoms with Gasteiger partial charge in [-0.1, -0.05) is 6.07 Å². The van der Waals surface area contributed by atoms with Crippen LogP contribution in [0.5, 0.6) is 11.5 Å². The van der Waals surface area contributed by atoms with Crippen LogP contribution in [0.1, 0.15) is 47.0 Å². The molecule has 5 rings (SSSR count). The molecule has 0 radical (unpaired) electrons. The number of benzene rings is 2. The lowest BCUT2D eigenvalue weighted by atomic mass is 10.0. The monoisotopic (exact) mass is 482 g/mol. The molecule has 2 aliphatic rings. The van der Waals surface area contributed by atoms with Gasteiger partial charge in [-0.3, -0.25) is 4.79 Å². The number of amides is 1. The van der Waals surface area contributed by atoms with Crippen LogP contribution in [-0.2, 0) is 16.6 Å². The minimum absolute atomic E-state index is 0.0566. The van der Waals surface area contributed by atoms with E-state index >= 15 is 0 Å². The van der Waals surface area contributed by atoms with Crippen molar-refractivity contribution in [1.29, 1.82) is 0 Å². The number of ether oxygens (including phenoxy) is 2. The van der Waals surface area contributed by atoms with Gasteiger partial charge in [0, 0.05) is 18.5 Å². The number of fused-ring (bicyclic) bond motifs is 1. The highest BCUT2D eigenvalue weighted by atomic mass is 32.2. The first-order chi connectivity index (χ1) is 16.5. The highest BCUT2D eigenvalue weighted by Gasteiger charge is 2.31. The second-order valence-electron chi connectivity index (χ2n) is 8.34. The van der Waals surface area contributed by atoms with E-state index in [2.05, 4.69) is 4.72 Å². The van der Waals surface area contributed by atoms with Crippen LogP contribution in [-0.4, -0.2) is 39.0 Å². The van der Waals surface area contributed by atoms with Gasteiger partial charge in [-0.05, 0) is 66.9 Å². The smallest absolute Gasteiger partial charge is 0.254 e. The van der Waals surface area contributed by atoms with E-state index in [9.17, 15) is 13.2 Å². The van der Waals surface area contributed by atoms with Gasteiger partial charge in [0.25, 0.3) is 5.91 Å². The van der Waals surface area contributed by atoms with Gasteiger partial charge in [0.2, 0.25) is 10.0 Å². The molecule has 34 heavy (non-hydrogen) atoms. The SMILES string of the molecule is O=C(c1ccc(S(=O)(=O)NCc2ccco2)cc1)N1CCC[C@@H]1c1ccc2c(c1)OCCCO2. The summed E-state index contributed by atoms with van der Waals surface area (Å²) in [6.07, 6.45) is 4.08. The predicted octanol–water partition coefficient (Wildman–Crippen LogP) is 3.90. The fourth-order valence-electron chi connectivity index (χ4n) is 4.35. The van der Waals surface area contributed by atoms with E-state index in [1.807, 2.05) is 23.1 Å². The Labute approximate surface area is 198 Å². The molecule has 9 heteroatoms. The van der Waals surface area contributed by atoms with Crippen molar-refractivity contribution < 1.29 is 27.1 Å². The van der Waals surface area contributed by atoms with Crippen LogP contribution < -0.4 is 14.2 Å². The summed E-state index contributed by atoms with van der Waals surface area (Å²) in [5.74, 6) is 1.84. The molecule has 1 amide bonds. The zero-order valence-electron chi connectivity index (χ0n) is 18.6. The van der Waals surface area contributed by atoms with Crippen molar-refractivity contribution in [2.45, 2.75) is 36.7 Å². The molecule has 0 spiro atoms. The summed E-state index contributed by atoms with van der Waals surface area (Å²) in [7, 11) is -3.72. The lowest BCUT2D eigenvalue weighted by Crippen LogP contribution is -2.30. The molecule has 1 fully saturated rings. The van der Waals surface area contributed by atoms with Gasteiger partial charge in [0.05, 0.1) is 37.0 Å². The Bertz CT molecular complexity index is 1260. The van der Waals surface area contributed by atoms with Gasteiger partial charge in [-0.25, -0.2) is 13.1 Å². The average Bonchev–Trinajstić information content (AvgIpc) is 3.50. The number of carbonyl (C=O) groups is 1. The molecule has 0 bridgehead atoms. The van der Waals surface area contributed by atoms with E-state index in [0.717, 1.165) is 30.6 Å². The van der Waals surface area contributed by atoms with E-state index in [-0.39, 0.29) is 23.4 Å². The summed E-state index contributed by atoms with van der Waals surface area (Å²) in [5.41, 5.74) is 1.46. The van der Waals surface area contributed by atoms with Crippen molar-refractivity contribution in [3.05, 3.63) is 77.7 Å². The maximum Gasteiger partial charge on any atom is 0.254 e. The summed E-state index contributed by atoms with van der Waals surface area (Å²) in [4.78, 5) is 15.2. The maximum atomic E-state index is 13.3. The predicted molar refractivity (Wildman–Crippen MR) is 124 cm³/mol. The minimum Gasteiger partial charge on any atom is -0.490 e. The number of carbonyl (C=O) groups excluding carboxylic acids is 1. The topological polar surface area (TPSA) is 98.1 Å². The molecule has 8 nitrogen and oxygen atoms in total. The largest absolute Gasteiger partial charge is 0.490 e. The standard InChI is InChI=1S/C25H26N2O6S/c28-25(18-6-9-21(10-7-18)34(29,30)26-17-20-4-2-13-31-20)27-12-1-5-22(27)19-8-11-23-24(16-19)33-15-3-14-32-23/h2,4,6-11,13,16,22,26H,1,3,5,12,14-15,17H2/t22-/m1/s1. The number of hydrogen-bond donors (Lipinski definition) is 1. The molecule has 0 aliphatic carbocycles. The third-order valence-electron chi connectivity index (χ3n) is 6.10. The highest BCUT2D eigenvalue weighted by Crippen LogP contribution is 2.38. The fourth-order valence-corrected chi connectivity index (χ4v) is 5.34. The Morgan fingerprint density at radius 1 is 1.00 bits per heavy atom. The van der Waals surface area contributed by atoms with Crippen LogP contribution in [0.15, 0.2) is 70.2 Å². The van der Waals surface area contributed by atoms with Crippen molar-refractivity contribution in [1.82, 2.24) is 9.62 Å². The lowest BCUT2D eigenvalue weighted by molar-refractivity contribution is 0.0735. The van der Waals surface area contributed by atoms with Crippen molar-refractivity contribution in [2.24, 2.45) is 0 Å². The first-order valence-corrected chi connectivity index (χ1v) is 12.8. The molecule has 1 saturated heterocycles. The summed E-state index contributed by atoms with van der Waals surface area (Å²) >= 11 is 0. The van der Waals surface area contributed by atoms with Crippen LogP contribution >= 0.6 is 0 Å². The van der Waals surface area contributed by atoms with Gasteiger partial charge in [-0.15, -0.1) is 0 Å². The van der Waals surface area contributed by atoms with Crippen LogP contribution in [0, 0.1) is 0 Å². The number of nitrogens with one attached hydrogen (secondary N) is 1. The Morgan fingerprint density at radius 2 is 1.79 bits per heavy atom. The highest BCUT2D eigenvalue weighted by molar-refractivity contribution is 7.89. The number of furan rings is 1. The van der Waals surface area contributed by atoms with Gasteiger partial charge in [0.1, 0.15) is 5.76 Å². The van der Waals surface area contributed by atoms with E-state index in [1.165, 1.54) is 18.4 Å². The number of sulfonamides is 1. The second kappa shape index (κ2) is 9.52. The van der Waals surface area contributed by atoms with Gasteiger partial charge < -0.3 is 18.8 Å². The Kier molecular flexibility index (Phi) is 6.30. The summed E-state index contributed by atoms with van der Waals surface area (Å²) in [5, 5.41) is 0. The zero-order valence-corrected chi connectivity index (χ0v) is 19.4. The molecule has 2 aromatic carbocycles. The number of rotatable bonds is 6. The second-order valence-corrected chi connectivity index (χ2v) is 10.1. The minimum atomic E-state index is -3.72. The molecule has 2 aliphatic heterocycles. The van der Waals surface area contributed by atoms with Gasteiger partial charge in [-0.2, -0.15) is 0 Å². The number of nitrogens with zero attached hydrogens (tertiary/aromatic N) is 1. The number of hydrogen-bond acceptors (Lipinski definition) is 6. The van der Waals surface area contributed by atoms with Crippen LogP contribution in [0.3, 0.4) is 0 Å². The Hall–Kier alpha value is -3.30. The zero-order chi connectivity index (χ0) is 23.5. The molecular weight excluding hydrogens is 456 g/mol. The molecular formula is C25H26N2O6S. The molecule has 0 saturated carbocycles.